The van der Waals surface area contributed by atoms with Gasteiger partial charge in [-0.05, 0) is 80.3 Å². The number of carbonyl (C=O) groups is 2. The van der Waals surface area contributed by atoms with Crippen molar-refractivity contribution in [1.82, 2.24) is 0 Å². The first kappa shape index (κ1) is 18.2. The number of hydrogen-bond acceptors (Lipinski definition) is 3. The molecule has 0 aromatic heterocycles. The summed E-state index contributed by atoms with van der Waals surface area (Å²) in [6, 6.07) is 0. The van der Waals surface area contributed by atoms with Gasteiger partial charge in [-0.2, -0.15) is 0 Å². The zero-order chi connectivity index (χ0) is 19.1. The minimum Gasteiger partial charge on any atom is -0.382 e. The van der Waals surface area contributed by atoms with Crippen LogP contribution < -0.4 is 0 Å². The maximum atomic E-state index is 12.3. The lowest BCUT2D eigenvalue weighted by molar-refractivity contribution is -0.157. The van der Waals surface area contributed by atoms with Crippen LogP contribution in [0.3, 0.4) is 0 Å². The van der Waals surface area contributed by atoms with Crippen molar-refractivity contribution in [2.24, 2.45) is 34.5 Å². The van der Waals surface area contributed by atoms with Crippen LogP contribution in [0.25, 0.3) is 0 Å². The van der Waals surface area contributed by atoms with Gasteiger partial charge in [0.1, 0.15) is 5.60 Å². The number of allylic oxidation sites excluding steroid dienone is 4. The molecule has 1 N–H and O–H groups in total. The van der Waals surface area contributed by atoms with E-state index >= 15 is 0 Å². The Balaban J connectivity index is 1.82. The van der Waals surface area contributed by atoms with Crippen molar-refractivity contribution >= 4 is 11.6 Å². The molecule has 0 radical (unpaired) electrons. The number of hydrogen-bond donors (Lipinski definition) is 1. The largest absolute Gasteiger partial charge is 0.382 e. The third kappa shape index (κ3) is 1.99. The summed E-state index contributed by atoms with van der Waals surface area (Å²) < 4.78 is 0. The predicted molar refractivity (Wildman–Crippen MR) is 101 cm³/mol. The Hall–Kier alpha value is -1.22. The number of fused-ring (bicyclic) bond motifs is 5. The highest BCUT2D eigenvalue weighted by molar-refractivity contribution is 5.93. The van der Waals surface area contributed by atoms with Crippen molar-refractivity contribution in [2.75, 3.05) is 0 Å². The fraction of sp³-hybridized carbons (Fsp3) is 0.739. The average molecular weight is 357 g/mol. The maximum Gasteiger partial charge on any atom is 0.161 e. The smallest absolute Gasteiger partial charge is 0.161 e. The normalized spacial score (nSPS) is 50.3. The van der Waals surface area contributed by atoms with Crippen LogP contribution in [0.4, 0.5) is 0 Å². The van der Waals surface area contributed by atoms with Crippen molar-refractivity contribution in [3.05, 3.63) is 23.3 Å². The van der Waals surface area contributed by atoms with E-state index in [0.29, 0.717) is 36.5 Å². The van der Waals surface area contributed by atoms with E-state index in [0.717, 1.165) is 19.3 Å². The van der Waals surface area contributed by atoms with Crippen molar-refractivity contribution in [3.63, 3.8) is 0 Å². The molecule has 3 heteroatoms. The Morgan fingerprint density at radius 2 is 1.85 bits per heavy atom. The Labute approximate surface area is 156 Å². The van der Waals surface area contributed by atoms with E-state index in [2.05, 4.69) is 33.8 Å². The van der Waals surface area contributed by atoms with Crippen molar-refractivity contribution in [1.29, 1.82) is 0 Å². The molecule has 0 spiro atoms. The van der Waals surface area contributed by atoms with Crippen LogP contribution in [0, 0.1) is 34.5 Å². The third-order valence-electron chi connectivity index (χ3n) is 9.12. The topological polar surface area (TPSA) is 54.4 Å². The molecule has 3 nitrogen and oxygen atoms in total. The van der Waals surface area contributed by atoms with E-state index < -0.39 is 5.60 Å². The molecule has 4 aliphatic rings. The predicted octanol–water partition coefficient (Wildman–Crippen LogP) is 4.25. The van der Waals surface area contributed by atoms with Gasteiger partial charge in [-0.15, -0.1) is 0 Å². The fourth-order valence-electron chi connectivity index (χ4n) is 7.36. The molecule has 0 aromatic carbocycles. The molecule has 0 aliphatic heterocycles. The molecule has 142 valence electrons. The minimum atomic E-state index is -1.17. The summed E-state index contributed by atoms with van der Waals surface area (Å²) in [7, 11) is 0. The molecule has 0 amide bonds. The quantitative estimate of drug-likeness (QED) is 0.764. The van der Waals surface area contributed by atoms with E-state index in [1.807, 2.05) is 6.08 Å². The third-order valence-corrected chi connectivity index (χ3v) is 9.12. The average Bonchev–Trinajstić information content (AvgIpc) is 2.83. The molecule has 7 unspecified atom stereocenters. The highest BCUT2D eigenvalue weighted by atomic mass is 16.3. The van der Waals surface area contributed by atoms with E-state index in [1.54, 1.807) is 6.92 Å². The van der Waals surface area contributed by atoms with Crippen molar-refractivity contribution < 1.29 is 14.7 Å². The van der Waals surface area contributed by atoms with E-state index in [1.165, 1.54) is 11.1 Å². The van der Waals surface area contributed by atoms with Crippen LogP contribution in [-0.2, 0) is 9.59 Å². The summed E-state index contributed by atoms with van der Waals surface area (Å²) >= 11 is 0. The van der Waals surface area contributed by atoms with Crippen LogP contribution in [0.2, 0.25) is 0 Å². The first-order valence-electron chi connectivity index (χ1n) is 10.2. The SMILES string of the molecule is CC(=O)C1(O)CCC2C3C=C(C)C4=CC(=O)CC(C)C4(C)C3CCC21C. The molecule has 2 fully saturated rings. The van der Waals surface area contributed by atoms with Gasteiger partial charge in [0.25, 0.3) is 0 Å². The second-order valence-corrected chi connectivity index (χ2v) is 9.96. The molecular formula is C23H32O3. The molecule has 7 atom stereocenters. The summed E-state index contributed by atoms with van der Waals surface area (Å²) in [5.41, 5.74) is 0.995. The molecule has 4 aliphatic carbocycles. The standard InChI is InChI=1S/C23H32O3/c1-13-10-17-18-7-9-23(26,15(3)24)21(18,4)8-6-19(17)22(5)14(2)11-16(25)12-20(13)22/h10,12,14,17-19,26H,6-9,11H2,1-5H3. The van der Waals surface area contributed by atoms with Gasteiger partial charge in [0, 0.05) is 11.8 Å². The molecule has 0 bridgehead atoms. The number of rotatable bonds is 1. The first-order chi connectivity index (χ1) is 12.1. The molecule has 4 rings (SSSR count). The first-order valence-corrected chi connectivity index (χ1v) is 10.2. The lowest BCUT2D eigenvalue weighted by Crippen LogP contribution is -2.57. The highest BCUT2D eigenvalue weighted by Crippen LogP contribution is 2.67. The Kier molecular flexibility index (Phi) is 3.77. The molecule has 0 saturated heterocycles. The van der Waals surface area contributed by atoms with Gasteiger partial charge < -0.3 is 5.11 Å². The lowest BCUT2D eigenvalue weighted by Gasteiger charge is -2.59. The van der Waals surface area contributed by atoms with Crippen LogP contribution >= 0.6 is 0 Å². The Morgan fingerprint density at radius 3 is 2.50 bits per heavy atom. The molecule has 0 heterocycles. The Morgan fingerprint density at radius 1 is 1.19 bits per heavy atom. The van der Waals surface area contributed by atoms with Crippen LogP contribution in [0.5, 0.6) is 0 Å². The maximum absolute atomic E-state index is 12.3. The second-order valence-electron chi connectivity index (χ2n) is 9.96. The van der Waals surface area contributed by atoms with Crippen LogP contribution in [0.15, 0.2) is 23.3 Å². The van der Waals surface area contributed by atoms with Crippen molar-refractivity contribution in [2.45, 2.75) is 72.3 Å². The Bertz CT molecular complexity index is 747. The minimum absolute atomic E-state index is 0.0235. The number of carbonyl (C=O) groups excluding carboxylic acids is 2. The number of Topliss-reactive ketones (excluding diaryl/α,β-unsaturated/α-hetero) is 1. The summed E-state index contributed by atoms with van der Waals surface area (Å²) in [4.78, 5) is 24.5. The van der Waals surface area contributed by atoms with Gasteiger partial charge in [-0.25, -0.2) is 0 Å². The van der Waals surface area contributed by atoms with Gasteiger partial charge in [0.15, 0.2) is 11.6 Å². The second kappa shape index (κ2) is 5.41. The van der Waals surface area contributed by atoms with Gasteiger partial charge >= 0.3 is 0 Å². The summed E-state index contributed by atoms with van der Waals surface area (Å²) in [6.45, 7) is 10.4. The fourth-order valence-corrected chi connectivity index (χ4v) is 7.36. The number of ketones is 2. The van der Waals surface area contributed by atoms with E-state index in [4.69, 9.17) is 0 Å². The molecule has 0 aromatic rings. The molecule has 26 heavy (non-hydrogen) atoms. The zero-order valence-corrected chi connectivity index (χ0v) is 16.8. The van der Waals surface area contributed by atoms with Gasteiger partial charge in [-0.1, -0.05) is 32.4 Å². The van der Waals surface area contributed by atoms with Crippen LogP contribution in [-0.4, -0.2) is 22.3 Å². The zero-order valence-electron chi connectivity index (χ0n) is 16.8. The number of aliphatic hydroxyl groups is 1. The van der Waals surface area contributed by atoms with E-state index in [9.17, 15) is 14.7 Å². The molecule has 2 saturated carbocycles. The van der Waals surface area contributed by atoms with Gasteiger partial charge in [-0.3, -0.25) is 9.59 Å². The highest BCUT2D eigenvalue weighted by Gasteiger charge is 2.65. The summed E-state index contributed by atoms with van der Waals surface area (Å²) in [5.74, 6) is 1.74. The van der Waals surface area contributed by atoms with E-state index in [-0.39, 0.29) is 22.4 Å². The summed E-state index contributed by atoms with van der Waals surface area (Å²) in [5, 5.41) is 11.2. The lowest BCUT2D eigenvalue weighted by atomic mass is 9.45. The summed E-state index contributed by atoms with van der Waals surface area (Å²) in [6.07, 6.45) is 8.32. The van der Waals surface area contributed by atoms with Gasteiger partial charge in [0.05, 0.1) is 0 Å². The van der Waals surface area contributed by atoms with Gasteiger partial charge in [0.2, 0.25) is 0 Å². The monoisotopic (exact) mass is 356 g/mol. The van der Waals surface area contributed by atoms with Crippen LogP contribution in [0.1, 0.15) is 66.7 Å². The molecular weight excluding hydrogens is 324 g/mol. The van der Waals surface area contributed by atoms with Crippen molar-refractivity contribution in [3.8, 4) is 0 Å².